The van der Waals surface area contributed by atoms with Crippen molar-refractivity contribution in [2.24, 2.45) is 0 Å². The summed E-state index contributed by atoms with van der Waals surface area (Å²) in [5.74, 6) is 4.05. The van der Waals surface area contributed by atoms with E-state index in [9.17, 15) is 4.79 Å². The summed E-state index contributed by atoms with van der Waals surface area (Å²) in [7, 11) is 0. The molecular weight excluding hydrogens is 316 g/mol. The Hall–Kier alpha value is -1.33. The summed E-state index contributed by atoms with van der Waals surface area (Å²) >= 11 is 3.69. The van der Waals surface area contributed by atoms with E-state index in [1.165, 1.54) is 10.7 Å². The molecule has 0 radical (unpaired) electrons. The first-order valence-corrected chi connectivity index (χ1v) is 9.42. The third-order valence-corrected chi connectivity index (χ3v) is 6.66. The highest BCUT2D eigenvalue weighted by Gasteiger charge is 2.27. The van der Waals surface area contributed by atoms with Gasteiger partial charge in [-0.3, -0.25) is 4.79 Å². The lowest BCUT2D eigenvalue weighted by Crippen LogP contribution is -2.01. The highest BCUT2D eigenvalue weighted by Crippen LogP contribution is 2.42. The Morgan fingerprint density at radius 2 is 1.86 bits per heavy atom. The van der Waals surface area contributed by atoms with E-state index >= 15 is 0 Å². The minimum Gasteiger partial charge on any atom is -0.454 e. The van der Waals surface area contributed by atoms with E-state index in [1.807, 2.05) is 47.8 Å². The maximum absolute atomic E-state index is 12.6. The predicted octanol–water partition coefficient (Wildman–Crippen LogP) is 4.24. The van der Waals surface area contributed by atoms with E-state index in [0.717, 1.165) is 52.6 Å². The fraction of sp³-hybridized carbons (Fsp3) is 0.353. The van der Waals surface area contributed by atoms with E-state index in [1.54, 1.807) is 0 Å². The summed E-state index contributed by atoms with van der Waals surface area (Å²) in [6.45, 7) is 0.277. The van der Waals surface area contributed by atoms with Crippen LogP contribution in [0.3, 0.4) is 0 Å². The highest BCUT2D eigenvalue weighted by atomic mass is 32.2. The zero-order chi connectivity index (χ0) is 14.9. The molecule has 3 nitrogen and oxygen atoms in total. The van der Waals surface area contributed by atoms with Crippen molar-refractivity contribution >= 4 is 35.4 Å². The number of Topliss-reactive ketones (excluding diaryl/α,β-unsaturated/α-hetero) is 1. The standard InChI is InChI=1S/C17H16O3S2/c18-16-12(3-4-13(16)17-21-6-1-7-22-17)8-11-2-5-14-15(9-11)20-10-19-14/h2,5,8-9H,1,3-4,6-7,10H2/b12-8+. The Morgan fingerprint density at radius 1 is 1.05 bits per heavy atom. The monoisotopic (exact) mass is 332 g/mol. The van der Waals surface area contributed by atoms with Crippen molar-refractivity contribution in [3.8, 4) is 11.5 Å². The third kappa shape index (κ3) is 2.68. The van der Waals surface area contributed by atoms with Crippen molar-refractivity contribution in [3.63, 3.8) is 0 Å². The molecule has 0 amide bonds. The summed E-state index contributed by atoms with van der Waals surface area (Å²) in [6, 6.07) is 5.82. The number of hydrogen-bond acceptors (Lipinski definition) is 5. The first kappa shape index (κ1) is 14.3. The van der Waals surface area contributed by atoms with Gasteiger partial charge in [-0.15, -0.1) is 23.5 Å². The molecule has 1 aromatic rings. The number of ketones is 1. The lowest BCUT2D eigenvalue weighted by atomic mass is 10.1. The van der Waals surface area contributed by atoms with Crippen LogP contribution in [0, 0.1) is 0 Å². The van der Waals surface area contributed by atoms with E-state index in [4.69, 9.17) is 9.47 Å². The number of rotatable bonds is 1. The molecule has 2 fully saturated rings. The van der Waals surface area contributed by atoms with Crippen molar-refractivity contribution in [2.75, 3.05) is 18.3 Å². The van der Waals surface area contributed by atoms with Gasteiger partial charge in [0.25, 0.3) is 0 Å². The number of carbonyl (C=O) groups excluding carboxylic acids is 1. The fourth-order valence-corrected chi connectivity index (χ4v) is 5.52. The Kier molecular flexibility index (Phi) is 3.92. The molecule has 1 aromatic carbocycles. The lowest BCUT2D eigenvalue weighted by Gasteiger charge is -2.14. The van der Waals surface area contributed by atoms with Gasteiger partial charge < -0.3 is 9.47 Å². The molecule has 4 rings (SSSR count). The quantitative estimate of drug-likeness (QED) is 0.719. The summed E-state index contributed by atoms with van der Waals surface area (Å²) in [5.41, 5.74) is 2.94. The number of carbonyl (C=O) groups is 1. The first-order chi connectivity index (χ1) is 10.8. The van der Waals surface area contributed by atoms with E-state index in [0.29, 0.717) is 0 Å². The third-order valence-electron chi connectivity index (χ3n) is 3.95. The van der Waals surface area contributed by atoms with Gasteiger partial charge in [-0.25, -0.2) is 0 Å². The van der Waals surface area contributed by atoms with Crippen molar-refractivity contribution in [3.05, 3.63) is 39.1 Å². The smallest absolute Gasteiger partial charge is 0.231 e. The SMILES string of the molecule is O=C1C(=C2SCCCS2)CC/C1=C\c1ccc2c(c1)OCO2. The molecule has 1 saturated carbocycles. The first-order valence-electron chi connectivity index (χ1n) is 7.45. The molecule has 0 spiro atoms. The number of benzene rings is 1. The number of fused-ring (bicyclic) bond motifs is 1. The molecule has 22 heavy (non-hydrogen) atoms. The average molecular weight is 332 g/mol. The van der Waals surface area contributed by atoms with Crippen LogP contribution in [0.15, 0.2) is 33.6 Å². The molecule has 0 unspecified atom stereocenters. The van der Waals surface area contributed by atoms with Crippen LogP contribution in [0.1, 0.15) is 24.8 Å². The van der Waals surface area contributed by atoms with Crippen LogP contribution in [0.4, 0.5) is 0 Å². The molecule has 0 aromatic heterocycles. The molecule has 2 heterocycles. The van der Waals surface area contributed by atoms with Gasteiger partial charge in [0.05, 0.1) is 0 Å². The van der Waals surface area contributed by atoms with E-state index in [-0.39, 0.29) is 12.6 Å². The normalized spacial score (nSPS) is 22.7. The molecule has 0 N–H and O–H groups in total. The molecule has 3 aliphatic rings. The average Bonchev–Trinajstić information content (AvgIpc) is 3.15. The maximum Gasteiger partial charge on any atom is 0.231 e. The lowest BCUT2D eigenvalue weighted by molar-refractivity contribution is -0.111. The summed E-state index contributed by atoms with van der Waals surface area (Å²) in [6.07, 6.45) is 4.95. The molecule has 5 heteroatoms. The molecule has 1 aliphatic carbocycles. The van der Waals surface area contributed by atoms with Gasteiger partial charge in [0.15, 0.2) is 17.3 Å². The zero-order valence-corrected chi connectivity index (χ0v) is 13.7. The highest BCUT2D eigenvalue weighted by molar-refractivity contribution is 8.22. The van der Waals surface area contributed by atoms with E-state index < -0.39 is 0 Å². The van der Waals surface area contributed by atoms with Crippen LogP contribution < -0.4 is 9.47 Å². The van der Waals surface area contributed by atoms with Gasteiger partial charge in [0.1, 0.15) is 0 Å². The number of ether oxygens (including phenoxy) is 2. The van der Waals surface area contributed by atoms with Gasteiger partial charge in [-0.1, -0.05) is 6.07 Å². The fourth-order valence-electron chi connectivity index (χ4n) is 2.82. The molecule has 2 aliphatic heterocycles. The van der Waals surface area contributed by atoms with Gasteiger partial charge in [0, 0.05) is 15.4 Å². The minimum absolute atomic E-state index is 0.231. The van der Waals surface area contributed by atoms with Crippen LogP contribution in [-0.2, 0) is 4.79 Å². The van der Waals surface area contributed by atoms with Gasteiger partial charge in [-0.2, -0.15) is 0 Å². The largest absolute Gasteiger partial charge is 0.454 e. The topological polar surface area (TPSA) is 35.5 Å². The molecule has 0 atom stereocenters. The van der Waals surface area contributed by atoms with Crippen molar-refractivity contribution in [1.29, 1.82) is 0 Å². The van der Waals surface area contributed by atoms with Gasteiger partial charge in [0.2, 0.25) is 6.79 Å². The molecular formula is C17H16O3S2. The number of thioether (sulfide) groups is 2. The van der Waals surface area contributed by atoms with Crippen molar-refractivity contribution < 1.29 is 14.3 Å². The summed E-state index contributed by atoms with van der Waals surface area (Å²) in [4.78, 5) is 12.6. The molecule has 0 bridgehead atoms. The Morgan fingerprint density at radius 3 is 2.73 bits per heavy atom. The van der Waals surface area contributed by atoms with Crippen LogP contribution in [0.5, 0.6) is 11.5 Å². The van der Waals surface area contributed by atoms with Gasteiger partial charge >= 0.3 is 0 Å². The van der Waals surface area contributed by atoms with Gasteiger partial charge in [-0.05, 0) is 54.5 Å². The number of allylic oxidation sites excluding steroid dienone is 2. The van der Waals surface area contributed by atoms with E-state index in [2.05, 4.69) is 0 Å². The summed E-state index contributed by atoms with van der Waals surface area (Å²) < 4.78 is 12.0. The minimum atomic E-state index is 0.231. The van der Waals surface area contributed by atoms with Crippen LogP contribution in [0.25, 0.3) is 6.08 Å². The Balaban J connectivity index is 1.59. The summed E-state index contributed by atoms with van der Waals surface area (Å²) in [5, 5.41) is 0. The van der Waals surface area contributed by atoms with Crippen molar-refractivity contribution in [2.45, 2.75) is 19.3 Å². The second kappa shape index (κ2) is 6.05. The van der Waals surface area contributed by atoms with Crippen LogP contribution in [-0.4, -0.2) is 24.1 Å². The second-order valence-corrected chi connectivity index (χ2v) is 7.90. The second-order valence-electron chi connectivity index (χ2n) is 5.43. The molecule has 114 valence electrons. The zero-order valence-electron chi connectivity index (χ0n) is 12.1. The van der Waals surface area contributed by atoms with Crippen LogP contribution in [0.2, 0.25) is 0 Å². The Bertz CT molecular complexity index is 683. The predicted molar refractivity (Wildman–Crippen MR) is 91.3 cm³/mol. The maximum atomic E-state index is 12.6. The van der Waals surface area contributed by atoms with Crippen molar-refractivity contribution in [1.82, 2.24) is 0 Å². The Labute approximate surface area is 138 Å². The molecule has 1 saturated heterocycles. The number of hydrogen-bond donors (Lipinski definition) is 0. The van der Waals surface area contributed by atoms with Crippen LogP contribution >= 0.6 is 23.5 Å².